The SMILES string of the molecule is CC(C)[C@@H](NC(=O)c1ccccc1Br)c1ccc(F)cc1. The summed E-state index contributed by atoms with van der Waals surface area (Å²) in [5.41, 5.74) is 1.48. The van der Waals surface area contributed by atoms with Crippen molar-refractivity contribution in [3.05, 3.63) is 69.9 Å². The third-order valence-corrected chi connectivity index (χ3v) is 3.99. The van der Waals surface area contributed by atoms with Gasteiger partial charge in [0.05, 0.1) is 11.6 Å². The van der Waals surface area contributed by atoms with Crippen molar-refractivity contribution in [2.75, 3.05) is 0 Å². The lowest BCUT2D eigenvalue weighted by atomic mass is 9.95. The third kappa shape index (κ3) is 3.91. The second-order valence-corrected chi connectivity index (χ2v) is 6.08. The van der Waals surface area contributed by atoms with Crippen LogP contribution in [0.25, 0.3) is 0 Å². The smallest absolute Gasteiger partial charge is 0.252 e. The molecule has 1 N–H and O–H groups in total. The molecular formula is C17H17BrFNO. The summed E-state index contributed by atoms with van der Waals surface area (Å²) < 4.78 is 13.8. The Morgan fingerprint density at radius 3 is 2.29 bits per heavy atom. The van der Waals surface area contributed by atoms with Crippen molar-refractivity contribution in [2.45, 2.75) is 19.9 Å². The number of hydrogen-bond acceptors (Lipinski definition) is 1. The predicted molar refractivity (Wildman–Crippen MR) is 85.6 cm³/mol. The van der Waals surface area contributed by atoms with E-state index in [-0.39, 0.29) is 23.7 Å². The number of benzene rings is 2. The van der Waals surface area contributed by atoms with Gasteiger partial charge in [-0.05, 0) is 51.7 Å². The van der Waals surface area contributed by atoms with Crippen molar-refractivity contribution in [3.8, 4) is 0 Å². The standard InChI is InChI=1S/C17H17BrFNO/c1-11(2)16(12-7-9-13(19)10-8-12)20-17(21)14-5-3-4-6-15(14)18/h3-11,16H,1-2H3,(H,20,21)/t16-/m1/s1. The first kappa shape index (κ1) is 15.7. The Balaban J connectivity index is 2.23. The first-order valence-corrected chi connectivity index (χ1v) is 7.59. The number of amides is 1. The first-order chi connectivity index (χ1) is 9.99. The van der Waals surface area contributed by atoms with E-state index in [1.165, 1.54) is 12.1 Å². The molecule has 0 bridgehead atoms. The molecule has 2 aromatic carbocycles. The van der Waals surface area contributed by atoms with Gasteiger partial charge in [0.25, 0.3) is 5.91 Å². The molecule has 0 heterocycles. The van der Waals surface area contributed by atoms with Crippen LogP contribution in [0.15, 0.2) is 53.0 Å². The predicted octanol–water partition coefficient (Wildman–Crippen LogP) is 4.72. The van der Waals surface area contributed by atoms with Gasteiger partial charge in [0.1, 0.15) is 5.82 Å². The van der Waals surface area contributed by atoms with Crippen LogP contribution >= 0.6 is 15.9 Å². The zero-order valence-corrected chi connectivity index (χ0v) is 13.5. The van der Waals surface area contributed by atoms with Gasteiger partial charge in [0.15, 0.2) is 0 Å². The highest BCUT2D eigenvalue weighted by Gasteiger charge is 2.20. The van der Waals surface area contributed by atoms with Crippen molar-refractivity contribution in [1.29, 1.82) is 0 Å². The highest BCUT2D eigenvalue weighted by Crippen LogP contribution is 2.24. The minimum Gasteiger partial charge on any atom is -0.345 e. The minimum absolute atomic E-state index is 0.148. The van der Waals surface area contributed by atoms with Crippen LogP contribution in [-0.2, 0) is 0 Å². The van der Waals surface area contributed by atoms with E-state index < -0.39 is 0 Å². The minimum atomic E-state index is -0.279. The Kier molecular flexibility index (Phi) is 5.12. The second-order valence-electron chi connectivity index (χ2n) is 5.23. The summed E-state index contributed by atoms with van der Waals surface area (Å²) in [6, 6.07) is 13.4. The van der Waals surface area contributed by atoms with Crippen molar-refractivity contribution < 1.29 is 9.18 Å². The molecule has 0 aliphatic heterocycles. The molecule has 1 amide bonds. The average molecular weight is 350 g/mol. The molecule has 0 fully saturated rings. The summed E-state index contributed by atoms with van der Waals surface area (Å²) in [6.45, 7) is 4.04. The van der Waals surface area contributed by atoms with Crippen molar-refractivity contribution in [2.24, 2.45) is 5.92 Å². The maximum atomic E-state index is 13.0. The van der Waals surface area contributed by atoms with Gasteiger partial charge >= 0.3 is 0 Å². The van der Waals surface area contributed by atoms with E-state index >= 15 is 0 Å². The lowest BCUT2D eigenvalue weighted by molar-refractivity contribution is 0.0925. The fourth-order valence-electron chi connectivity index (χ4n) is 2.17. The molecule has 1 atom stereocenters. The van der Waals surface area contributed by atoms with E-state index in [2.05, 4.69) is 21.2 Å². The molecule has 0 aliphatic rings. The van der Waals surface area contributed by atoms with Crippen LogP contribution in [0.2, 0.25) is 0 Å². The molecule has 21 heavy (non-hydrogen) atoms. The van der Waals surface area contributed by atoms with Gasteiger partial charge in [0.2, 0.25) is 0 Å². The normalized spacial score (nSPS) is 12.2. The Labute approximate surface area is 132 Å². The van der Waals surface area contributed by atoms with Crippen LogP contribution in [0.4, 0.5) is 4.39 Å². The number of hydrogen-bond donors (Lipinski definition) is 1. The molecule has 2 rings (SSSR count). The zero-order chi connectivity index (χ0) is 15.4. The maximum absolute atomic E-state index is 13.0. The van der Waals surface area contributed by atoms with Gasteiger partial charge in [-0.2, -0.15) is 0 Å². The Hall–Kier alpha value is -1.68. The van der Waals surface area contributed by atoms with E-state index in [0.717, 1.165) is 10.0 Å². The Morgan fingerprint density at radius 2 is 1.71 bits per heavy atom. The topological polar surface area (TPSA) is 29.1 Å². The first-order valence-electron chi connectivity index (χ1n) is 6.80. The fraction of sp³-hybridized carbons (Fsp3) is 0.235. The second kappa shape index (κ2) is 6.85. The molecule has 0 aliphatic carbocycles. The number of nitrogens with one attached hydrogen (secondary N) is 1. The molecule has 0 saturated heterocycles. The number of rotatable bonds is 4. The lowest BCUT2D eigenvalue weighted by Gasteiger charge is -2.23. The summed E-state index contributed by atoms with van der Waals surface area (Å²) in [7, 11) is 0. The lowest BCUT2D eigenvalue weighted by Crippen LogP contribution is -2.32. The summed E-state index contributed by atoms with van der Waals surface area (Å²) in [5.74, 6) is -0.231. The molecule has 0 saturated carbocycles. The van der Waals surface area contributed by atoms with Gasteiger partial charge in [-0.15, -0.1) is 0 Å². The molecule has 110 valence electrons. The van der Waals surface area contributed by atoms with Crippen molar-refractivity contribution >= 4 is 21.8 Å². The van der Waals surface area contributed by atoms with E-state index in [0.29, 0.717) is 5.56 Å². The van der Waals surface area contributed by atoms with Crippen LogP contribution in [-0.4, -0.2) is 5.91 Å². The van der Waals surface area contributed by atoms with Crippen LogP contribution in [0.1, 0.15) is 35.8 Å². The molecule has 0 radical (unpaired) electrons. The van der Waals surface area contributed by atoms with Gasteiger partial charge in [-0.1, -0.05) is 38.1 Å². The van der Waals surface area contributed by atoms with E-state index in [9.17, 15) is 9.18 Å². The van der Waals surface area contributed by atoms with E-state index in [1.54, 1.807) is 18.2 Å². The molecule has 0 unspecified atom stereocenters. The average Bonchev–Trinajstić information content (AvgIpc) is 2.46. The van der Waals surface area contributed by atoms with Crippen LogP contribution in [0.5, 0.6) is 0 Å². The Bertz CT molecular complexity index is 625. The monoisotopic (exact) mass is 349 g/mol. The number of carbonyl (C=O) groups excluding carboxylic acids is 1. The number of halogens is 2. The van der Waals surface area contributed by atoms with Crippen LogP contribution in [0.3, 0.4) is 0 Å². The van der Waals surface area contributed by atoms with Gasteiger partial charge in [-0.25, -0.2) is 4.39 Å². The maximum Gasteiger partial charge on any atom is 0.252 e. The Morgan fingerprint density at radius 1 is 1.10 bits per heavy atom. The molecule has 4 heteroatoms. The molecule has 2 aromatic rings. The van der Waals surface area contributed by atoms with Crippen LogP contribution < -0.4 is 5.32 Å². The quantitative estimate of drug-likeness (QED) is 0.850. The summed E-state index contributed by atoms with van der Waals surface area (Å²) in [6.07, 6.45) is 0. The van der Waals surface area contributed by atoms with E-state index in [4.69, 9.17) is 0 Å². The molecule has 0 aromatic heterocycles. The van der Waals surface area contributed by atoms with Gasteiger partial charge < -0.3 is 5.32 Å². The van der Waals surface area contributed by atoms with Gasteiger partial charge in [0, 0.05) is 4.47 Å². The fourth-order valence-corrected chi connectivity index (χ4v) is 2.63. The van der Waals surface area contributed by atoms with Crippen molar-refractivity contribution in [3.63, 3.8) is 0 Å². The third-order valence-electron chi connectivity index (χ3n) is 3.30. The summed E-state index contributed by atoms with van der Waals surface area (Å²) >= 11 is 3.38. The van der Waals surface area contributed by atoms with Crippen molar-refractivity contribution in [1.82, 2.24) is 5.32 Å². The summed E-state index contributed by atoms with van der Waals surface area (Å²) in [4.78, 5) is 12.4. The molecule has 2 nitrogen and oxygen atoms in total. The number of carbonyl (C=O) groups is 1. The van der Waals surface area contributed by atoms with Gasteiger partial charge in [-0.3, -0.25) is 4.79 Å². The van der Waals surface area contributed by atoms with Crippen LogP contribution in [0, 0.1) is 11.7 Å². The largest absolute Gasteiger partial charge is 0.345 e. The summed E-state index contributed by atoms with van der Waals surface area (Å²) in [5, 5.41) is 3.02. The highest BCUT2D eigenvalue weighted by molar-refractivity contribution is 9.10. The molecule has 0 spiro atoms. The zero-order valence-electron chi connectivity index (χ0n) is 11.9. The molecular weight excluding hydrogens is 333 g/mol. The van der Waals surface area contributed by atoms with E-state index in [1.807, 2.05) is 32.0 Å². The highest BCUT2D eigenvalue weighted by atomic mass is 79.9.